The van der Waals surface area contributed by atoms with Crippen LogP contribution >= 0.6 is 15.6 Å². The third-order valence-corrected chi connectivity index (χ3v) is 19.6. The number of hydrogen-bond donors (Lipinski definition) is 3. The molecule has 0 aliphatic rings. The minimum Gasteiger partial charge on any atom is -0.462 e. The lowest BCUT2D eigenvalue weighted by atomic mass is 9.99. The first-order valence-electron chi connectivity index (χ1n) is 38.7. The summed E-state index contributed by atoms with van der Waals surface area (Å²) < 4.78 is 68.4. The molecule has 4 unspecified atom stereocenters. The van der Waals surface area contributed by atoms with Gasteiger partial charge in [-0.2, -0.15) is 0 Å². The zero-order valence-electron chi connectivity index (χ0n) is 61.6. The van der Waals surface area contributed by atoms with Gasteiger partial charge in [-0.05, 0) is 49.4 Å². The fraction of sp³-hybridized carbons (Fsp3) is 0.947. The van der Waals surface area contributed by atoms with Crippen molar-refractivity contribution in [1.29, 1.82) is 0 Å². The summed E-state index contributed by atoms with van der Waals surface area (Å²) in [6, 6.07) is 0. The molecule has 3 N–H and O–H groups in total. The van der Waals surface area contributed by atoms with E-state index in [0.717, 1.165) is 108 Å². The van der Waals surface area contributed by atoms with Crippen molar-refractivity contribution in [3.63, 3.8) is 0 Å². The van der Waals surface area contributed by atoms with Crippen LogP contribution in [0.25, 0.3) is 0 Å². The van der Waals surface area contributed by atoms with Crippen LogP contribution in [-0.4, -0.2) is 96.7 Å². The lowest BCUT2D eigenvalue weighted by molar-refractivity contribution is -0.161. The zero-order chi connectivity index (χ0) is 69.6. The maximum atomic E-state index is 13.1. The number of carbonyl (C=O) groups excluding carboxylic acids is 4. The molecule has 0 aromatic heterocycles. The van der Waals surface area contributed by atoms with Gasteiger partial charge in [0.25, 0.3) is 0 Å². The Kier molecular flexibility index (Phi) is 63.1. The van der Waals surface area contributed by atoms with Crippen LogP contribution in [0.5, 0.6) is 0 Å². The summed E-state index contributed by atoms with van der Waals surface area (Å²) in [6.07, 6.45) is 48.9. The fourth-order valence-electron chi connectivity index (χ4n) is 11.3. The molecule has 0 saturated heterocycles. The van der Waals surface area contributed by atoms with Gasteiger partial charge < -0.3 is 33.8 Å². The van der Waals surface area contributed by atoms with E-state index in [-0.39, 0.29) is 25.7 Å². The van der Waals surface area contributed by atoms with Crippen molar-refractivity contribution in [3.8, 4) is 0 Å². The number of rotatable bonds is 72. The van der Waals surface area contributed by atoms with Crippen molar-refractivity contribution in [2.45, 2.75) is 395 Å². The van der Waals surface area contributed by atoms with Crippen molar-refractivity contribution in [2.75, 3.05) is 39.6 Å². The van der Waals surface area contributed by atoms with Crippen LogP contribution in [0.2, 0.25) is 0 Å². The van der Waals surface area contributed by atoms with E-state index in [2.05, 4.69) is 55.4 Å². The van der Waals surface area contributed by atoms with E-state index in [1.54, 1.807) is 0 Å². The number of esters is 4. The molecular weight excluding hydrogens is 1230 g/mol. The van der Waals surface area contributed by atoms with Gasteiger partial charge in [-0.1, -0.05) is 325 Å². The minimum atomic E-state index is -4.96. The van der Waals surface area contributed by atoms with E-state index in [1.165, 1.54) is 173 Å². The Bertz CT molecular complexity index is 1850. The second kappa shape index (κ2) is 64.4. The molecule has 0 bridgehead atoms. The van der Waals surface area contributed by atoms with Gasteiger partial charge in [0.05, 0.1) is 26.4 Å². The Hall–Kier alpha value is -1.94. The molecule has 0 heterocycles. The molecule has 0 rings (SSSR count). The van der Waals surface area contributed by atoms with Crippen molar-refractivity contribution in [3.05, 3.63) is 0 Å². The van der Waals surface area contributed by atoms with Gasteiger partial charge in [-0.15, -0.1) is 0 Å². The summed E-state index contributed by atoms with van der Waals surface area (Å²) in [6.45, 7) is 14.1. The number of phosphoric ester groups is 2. The molecule has 17 nitrogen and oxygen atoms in total. The highest BCUT2D eigenvalue weighted by Crippen LogP contribution is 2.45. The maximum absolute atomic E-state index is 13.1. The summed E-state index contributed by atoms with van der Waals surface area (Å²) in [5.74, 6) is 0.888. The summed E-state index contributed by atoms with van der Waals surface area (Å²) in [5, 5.41) is 10.6. The Balaban J connectivity index is 5.15. The van der Waals surface area contributed by atoms with Crippen LogP contribution in [-0.2, 0) is 65.4 Å². The standard InChI is InChI=1S/C75H146O17P2/c1-9-68(8)54-46-38-30-22-18-16-14-12-10-11-13-15-17-19-23-32-41-49-57-74(79)91-70(62-86-73(78)56-48-40-33-25-28-36-44-52-66(4)5)63-89-93(81,82)87-59-69(76)60-88-94(83,84)90-64-71(92-75(80)58-50-42-34-26-29-37-45-53-67(6)7)61-85-72(77)55-47-39-31-24-20-21-27-35-43-51-65(2)3/h65-71,76H,9-64H2,1-8H3,(H,81,82)(H,83,84)/t68?,69?,70-,71-/m1/s1. The van der Waals surface area contributed by atoms with Crippen LogP contribution in [0.3, 0.4) is 0 Å². The number of unbranched alkanes of at least 4 members (excludes halogenated alkanes) is 37. The Morgan fingerprint density at radius 2 is 0.511 bits per heavy atom. The summed E-state index contributed by atoms with van der Waals surface area (Å²) in [7, 11) is -9.91. The average Bonchev–Trinajstić information content (AvgIpc) is 1.14. The van der Waals surface area contributed by atoms with Crippen molar-refractivity contribution in [2.24, 2.45) is 23.7 Å². The highest BCUT2D eigenvalue weighted by molar-refractivity contribution is 7.47. The van der Waals surface area contributed by atoms with Crippen LogP contribution in [0.4, 0.5) is 0 Å². The van der Waals surface area contributed by atoms with Gasteiger partial charge in [-0.3, -0.25) is 37.3 Å². The second-order valence-corrected chi connectivity index (χ2v) is 31.6. The third kappa shape index (κ3) is 67.3. The lowest BCUT2D eigenvalue weighted by Gasteiger charge is -2.21. The van der Waals surface area contributed by atoms with Crippen LogP contribution in [0.15, 0.2) is 0 Å². The molecule has 0 amide bonds. The van der Waals surface area contributed by atoms with E-state index >= 15 is 0 Å². The summed E-state index contributed by atoms with van der Waals surface area (Å²) in [4.78, 5) is 72.6. The van der Waals surface area contributed by atoms with Crippen molar-refractivity contribution in [1.82, 2.24) is 0 Å². The fourth-order valence-corrected chi connectivity index (χ4v) is 12.9. The molecule has 0 aliphatic heterocycles. The SMILES string of the molecule is CCC(C)CCCCCCCCCCCCCCCCCCCCC(=O)O[C@H](COC(=O)CCCCCCCCCC(C)C)COP(=O)(O)OCC(O)COP(=O)(O)OC[C@@H](COC(=O)CCCCCCCCCCCC(C)C)OC(=O)CCCCCCCCCC(C)C. The van der Waals surface area contributed by atoms with E-state index in [9.17, 15) is 43.2 Å². The molecular formula is C75H146O17P2. The van der Waals surface area contributed by atoms with Gasteiger partial charge in [0.15, 0.2) is 12.2 Å². The Labute approximate surface area is 575 Å². The summed E-state index contributed by atoms with van der Waals surface area (Å²) >= 11 is 0. The number of phosphoric acid groups is 2. The quantitative estimate of drug-likeness (QED) is 0.0222. The predicted octanol–water partition coefficient (Wildman–Crippen LogP) is 21.7. The Morgan fingerprint density at radius 1 is 0.298 bits per heavy atom. The number of aliphatic hydroxyl groups excluding tert-OH is 1. The van der Waals surface area contributed by atoms with E-state index < -0.39 is 97.5 Å². The smallest absolute Gasteiger partial charge is 0.462 e. The molecule has 558 valence electrons. The molecule has 19 heteroatoms. The van der Waals surface area contributed by atoms with Gasteiger partial charge in [0, 0.05) is 25.7 Å². The highest BCUT2D eigenvalue weighted by Gasteiger charge is 2.30. The molecule has 0 saturated carbocycles. The van der Waals surface area contributed by atoms with Crippen LogP contribution < -0.4 is 0 Å². The molecule has 0 aromatic rings. The molecule has 0 aliphatic carbocycles. The third-order valence-electron chi connectivity index (χ3n) is 17.7. The first-order valence-corrected chi connectivity index (χ1v) is 41.7. The van der Waals surface area contributed by atoms with Crippen molar-refractivity contribution < 1.29 is 80.2 Å². The largest absolute Gasteiger partial charge is 0.472 e. The first-order chi connectivity index (χ1) is 45.1. The van der Waals surface area contributed by atoms with Gasteiger partial charge in [0.1, 0.15) is 19.3 Å². The van der Waals surface area contributed by atoms with E-state index in [4.69, 9.17) is 37.0 Å². The number of hydrogen-bond acceptors (Lipinski definition) is 15. The molecule has 94 heavy (non-hydrogen) atoms. The molecule has 6 atom stereocenters. The number of ether oxygens (including phenoxy) is 4. The van der Waals surface area contributed by atoms with E-state index in [1.807, 2.05) is 0 Å². The number of aliphatic hydroxyl groups is 1. The Morgan fingerprint density at radius 3 is 0.755 bits per heavy atom. The van der Waals surface area contributed by atoms with Crippen LogP contribution in [0, 0.1) is 23.7 Å². The van der Waals surface area contributed by atoms with Gasteiger partial charge in [0.2, 0.25) is 0 Å². The first kappa shape index (κ1) is 92.1. The minimum absolute atomic E-state index is 0.103. The highest BCUT2D eigenvalue weighted by atomic mass is 31.2. The van der Waals surface area contributed by atoms with Crippen LogP contribution in [0.1, 0.15) is 376 Å². The molecule has 0 radical (unpaired) electrons. The molecule has 0 spiro atoms. The second-order valence-electron chi connectivity index (χ2n) is 28.7. The van der Waals surface area contributed by atoms with E-state index in [0.29, 0.717) is 37.5 Å². The molecule has 0 fully saturated rings. The molecule has 0 aromatic carbocycles. The van der Waals surface area contributed by atoms with Gasteiger partial charge in [-0.25, -0.2) is 9.13 Å². The zero-order valence-corrected chi connectivity index (χ0v) is 63.4. The lowest BCUT2D eigenvalue weighted by Crippen LogP contribution is -2.30. The normalized spacial score (nSPS) is 14.4. The monoisotopic (exact) mass is 1380 g/mol. The van der Waals surface area contributed by atoms with Gasteiger partial charge >= 0.3 is 39.5 Å². The predicted molar refractivity (Wildman–Crippen MR) is 381 cm³/mol. The number of carbonyl (C=O) groups is 4. The topological polar surface area (TPSA) is 237 Å². The van der Waals surface area contributed by atoms with Crippen molar-refractivity contribution >= 4 is 39.5 Å². The summed E-state index contributed by atoms with van der Waals surface area (Å²) in [5.41, 5.74) is 0. The maximum Gasteiger partial charge on any atom is 0.472 e. The average molecular weight is 1380 g/mol.